The zero-order valence-electron chi connectivity index (χ0n) is 9.63. The van der Waals surface area contributed by atoms with Gasteiger partial charge in [-0.3, -0.25) is 4.99 Å². The highest BCUT2D eigenvalue weighted by Crippen LogP contribution is 2.33. The Morgan fingerprint density at radius 1 is 1.41 bits per heavy atom. The largest absolute Gasteiger partial charge is 0.262 e. The van der Waals surface area contributed by atoms with Crippen molar-refractivity contribution in [3.05, 3.63) is 35.7 Å². The minimum atomic E-state index is -0.287. The molecule has 0 saturated carbocycles. The molecule has 1 nitrogen and oxygen atoms in total. The fourth-order valence-corrected chi connectivity index (χ4v) is 3.41. The van der Waals surface area contributed by atoms with Crippen LogP contribution >= 0.6 is 20.7 Å². The van der Waals surface area contributed by atoms with Crippen LogP contribution in [0.15, 0.2) is 29.3 Å². The fourth-order valence-electron chi connectivity index (χ4n) is 2.04. The fraction of sp³-hybridized carbons (Fsp3) is 0.286. The van der Waals surface area contributed by atoms with Crippen LogP contribution in [0.25, 0.3) is 5.57 Å². The number of nitrogens with zero attached hydrogens (tertiary/aromatic N) is 1. The molecule has 0 aromatic heterocycles. The molecule has 0 amide bonds. The molecule has 0 fully saturated rings. The number of allylic oxidation sites excluding steroid dienone is 2. The zero-order chi connectivity index (χ0) is 12.3. The monoisotopic (exact) mass is 343 g/mol. The highest BCUT2D eigenvalue weighted by Gasteiger charge is 2.14. The van der Waals surface area contributed by atoms with E-state index >= 15 is 0 Å². The Hall–Kier alpha value is -0.840. The zero-order valence-corrected chi connectivity index (χ0v) is 11.8. The number of rotatable bonds is 3. The Kier molecular flexibility index (Phi) is 4.20. The first kappa shape index (κ1) is 12.6. The maximum Gasteiger partial charge on any atom is 0.149 e. The van der Waals surface area contributed by atoms with Crippen molar-refractivity contribution in [1.29, 1.82) is 0 Å². The predicted molar refractivity (Wildman–Crippen MR) is 82.4 cm³/mol. The molecular weight excluding hydrogens is 328 g/mol. The van der Waals surface area contributed by atoms with Gasteiger partial charge in [0, 0.05) is 3.92 Å². The predicted octanol–water partition coefficient (Wildman–Crippen LogP) is 4.50. The van der Waals surface area contributed by atoms with Crippen LogP contribution in [-0.2, 0) is 0 Å². The van der Waals surface area contributed by atoms with Crippen molar-refractivity contribution in [3.8, 4) is 0 Å². The lowest BCUT2D eigenvalue weighted by Crippen LogP contribution is -2.04. The molecule has 1 atom stereocenters. The number of benzene rings is 1. The molecule has 0 aliphatic heterocycles. The van der Waals surface area contributed by atoms with Gasteiger partial charge < -0.3 is 0 Å². The van der Waals surface area contributed by atoms with Crippen LogP contribution in [-0.4, -0.2) is 15.2 Å². The van der Waals surface area contributed by atoms with E-state index in [0.29, 0.717) is 5.69 Å². The summed E-state index contributed by atoms with van der Waals surface area (Å²) in [6.45, 7) is 3.35. The van der Waals surface area contributed by atoms with E-state index in [2.05, 4.69) is 22.3 Å². The molecule has 2 rings (SSSR count). The Morgan fingerprint density at radius 3 is 2.76 bits per heavy atom. The molecule has 17 heavy (non-hydrogen) atoms. The van der Waals surface area contributed by atoms with Crippen LogP contribution in [0, 0.1) is 5.82 Å². The molecule has 0 saturated heterocycles. The summed E-state index contributed by atoms with van der Waals surface area (Å²) >= 11 is 0.0904. The molecule has 1 unspecified atom stereocenters. The first-order chi connectivity index (χ1) is 8.24. The van der Waals surface area contributed by atoms with Crippen LogP contribution in [0.2, 0.25) is 0 Å². The molecule has 3 heteroatoms. The SMILES string of the molecule is C=Nc1ccc(C2=CCC(I=C)CC2)cc1F. The van der Waals surface area contributed by atoms with E-state index in [0.717, 1.165) is 22.3 Å². The van der Waals surface area contributed by atoms with Gasteiger partial charge in [0.1, 0.15) is 5.82 Å². The van der Waals surface area contributed by atoms with Gasteiger partial charge in [-0.2, -0.15) is 0 Å². The van der Waals surface area contributed by atoms with E-state index in [-0.39, 0.29) is 26.5 Å². The lowest BCUT2D eigenvalue weighted by Gasteiger charge is -2.18. The highest BCUT2D eigenvalue weighted by atomic mass is 127. The normalized spacial score (nSPS) is 19.8. The molecule has 0 bridgehead atoms. The summed E-state index contributed by atoms with van der Waals surface area (Å²) in [5.41, 5.74) is 2.57. The third kappa shape index (κ3) is 2.89. The van der Waals surface area contributed by atoms with Gasteiger partial charge in [0.2, 0.25) is 0 Å². The van der Waals surface area contributed by atoms with E-state index in [1.54, 1.807) is 12.1 Å². The molecule has 90 valence electrons. The Labute approximate surface area is 111 Å². The molecule has 0 N–H and O–H groups in total. The van der Waals surface area contributed by atoms with Gasteiger partial charge in [0.25, 0.3) is 0 Å². The summed E-state index contributed by atoms with van der Waals surface area (Å²) < 4.78 is 18.4. The Morgan fingerprint density at radius 2 is 2.24 bits per heavy atom. The molecule has 1 aliphatic carbocycles. The molecule has 0 radical (unpaired) electrons. The van der Waals surface area contributed by atoms with Gasteiger partial charge in [-0.25, -0.2) is 4.39 Å². The van der Waals surface area contributed by atoms with Crippen molar-refractivity contribution < 1.29 is 4.39 Å². The first-order valence-corrected chi connectivity index (χ1v) is 8.34. The number of hydrogen-bond acceptors (Lipinski definition) is 1. The average Bonchev–Trinajstić information content (AvgIpc) is 2.39. The quantitative estimate of drug-likeness (QED) is 0.435. The second kappa shape index (κ2) is 5.67. The lowest BCUT2D eigenvalue weighted by atomic mass is 9.93. The van der Waals surface area contributed by atoms with Crippen molar-refractivity contribution in [3.63, 3.8) is 0 Å². The van der Waals surface area contributed by atoms with Crippen molar-refractivity contribution in [2.75, 3.05) is 0 Å². The minimum absolute atomic E-state index is 0.0904. The van der Waals surface area contributed by atoms with Gasteiger partial charge in [-0.05, 0) is 49.2 Å². The van der Waals surface area contributed by atoms with Crippen LogP contribution in [0.5, 0.6) is 0 Å². The third-order valence-corrected chi connectivity index (χ3v) is 5.43. The summed E-state index contributed by atoms with van der Waals surface area (Å²) in [6.07, 6.45) is 5.59. The first-order valence-electron chi connectivity index (χ1n) is 5.57. The molecule has 0 spiro atoms. The van der Waals surface area contributed by atoms with Crippen molar-refractivity contribution >= 4 is 43.2 Å². The molecule has 1 aliphatic rings. The highest BCUT2D eigenvalue weighted by molar-refractivity contribution is 14.2. The Balaban J connectivity index is 2.24. The smallest absolute Gasteiger partial charge is 0.149 e. The van der Waals surface area contributed by atoms with Crippen molar-refractivity contribution in [2.45, 2.75) is 23.2 Å². The number of aliphatic imine (C=N–C) groups is 1. The average molecular weight is 343 g/mol. The summed E-state index contributed by atoms with van der Waals surface area (Å²) in [6, 6.07) is 5.19. The lowest BCUT2D eigenvalue weighted by molar-refractivity contribution is 0.629. The van der Waals surface area contributed by atoms with Crippen LogP contribution in [0.3, 0.4) is 0 Å². The van der Waals surface area contributed by atoms with Crippen molar-refractivity contribution in [1.82, 2.24) is 0 Å². The molecule has 1 aromatic rings. The Bertz CT molecular complexity index is 479. The maximum atomic E-state index is 13.6. The summed E-state index contributed by atoms with van der Waals surface area (Å²) in [5.74, 6) is -0.287. The topological polar surface area (TPSA) is 12.4 Å². The van der Waals surface area contributed by atoms with Gasteiger partial charge in [0.15, 0.2) is 0 Å². The second-order valence-corrected chi connectivity index (χ2v) is 6.72. The van der Waals surface area contributed by atoms with Crippen LogP contribution in [0.1, 0.15) is 24.8 Å². The van der Waals surface area contributed by atoms with E-state index in [1.807, 2.05) is 6.07 Å². The number of alkyl halides is 1. The number of halogens is 2. The van der Waals surface area contributed by atoms with E-state index in [1.165, 1.54) is 12.0 Å². The van der Waals surface area contributed by atoms with Crippen molar-refractivity contribution in [2.24, 2.45) is 4.99 Å². The second-order valence-electron chi connectivity index (χ2n) is 4.08. The van der Waals surface area contributed by atoms with Crippen LogP contribution in [0.4, 0.5) is 10.1 Å². The molecular formula is C14H15FIN. The maximum absolute atomic E-state index is 13.6. The number of hydrogen-bond donors (Lipinski definition) is 0. The van der Waals surface area contributed by atoms with E-state index < -0.39 is 0 Å². The van der Waals surface area contributed by atoms with Gasteiger partial charge in [-0.15, -0.1) is 20.7 Å². The molecule has 0 heterocycles. The van der Waals surface area contributed by atoms with Crippen LogP contribution < -0.4 is 0 Å². The van der Waals surface area contributed by atoms with Gasteiger partial charge in [0.05, 0.1) is 5.69 Å². The van der Waals surface area contributed by atoms with Gasteiger partial charge >= 0.3 is 0 Å². The summed E-state index contributed by atoms with van der Waals surface area (Å²) in [7, 11) is 0. The minimum Gasteiger partial charge on any atom is -0.262 e. The third-order valence-electron chi connectivity index (χ3n) is 3.05. The summed E-state index contributed by atoms with van der Waals surface area (Å²) in [4.78, 5) is 3.63. The molecule has 1 aromatic carbocycles. The van der Waals surface area contributed by atoms with Gasteiger partial charge in [-0.1, -0.05) is 16.7 Å². The summed E-state index contributed by atoms with van der Waals surface area (Å²) in [5, 5.41) is 0. The van der Waals surface area contributed by atoms with E-state index in [4.69, 9.17) is 0 Å². The standard InChI is InChI=1S/C14H15FIN/c1-16-12-6-3-10(4-7-12)11-5-8-14(17-2)13(15)9-11/h3,5,8-9,12H,1-2,4,6-7H2. The van der Waals surface area contributed by atoms with E-state index in [9.17, 15) is 4.39 Å².